The van der Waals surface area contributed by atoms with E-state index in [0.717, 1.165) is 12.8 Å². The van der Waals surface area contributed by atoms with E-state index in [1.165, 1.54) is 0 Å². The third-order valence-electron chi connectivity index (χ3n) is 2.56. The molecular weight excluding hydrogens is 188 g/mol. The first-order valence-corrected chi connectivity index (χ1v) is 5.60. The summed E-state index contributed by atoms with van der Waals surface area (Å²) in [5.74, 6) is 3.14. The van der Waals surface area contributed by atoms with E-state index >= 15 is 0 Å². The van der Waals surface area contributed by atoms with Gasteiger partial charge in [-0.15, -0.1) is 6.42 Å². The van der Waals surface area contributed by atoms with Crippen molar-refractivity contribution in [2.75, 3.05) is 20.3 Å². The molecule has 3 unspecified atom stereocenters. The zero-order valence-electron chi connectivity index (χ0n) is 10.1. The molecule has 0 fully saturated rings. The smallest absolute Gasteiger partial charge is 0.0689 e. The van der Waals surface area contributed by atoms with Gasteiger partial charge in [0.25, 0.3) is 0 Å². The number of rotatable bonds is 8. The second-order valence-electron chi connectivity index (χ2n) is 3.95. The van der Waals surface area contributed by atoms with Gasteiger partial charge < -0.3 is 10.5 Å². The first-order valence-electron chi connectivity index (χ1n) is 5.60. The molecule has 0 aliphatic carbocycles. The van der Waals surface area contributed by atoms with Crippen molar-refractivity contribution in [3.63, 3.8) is 0 Å². The number of nitrogens with two attached hydrogens (primary N) is 1. The highest BCUT2D eigenvalue weighted by molar-refractivity contribution is 5.00. The Morgan fingerprint density at radius 2 is 2.20 bits per heavy atom. The van der Waals surface area contributed by atoms with Crippen molar-refractivity contribution in [3.8, 4) is 12.3 Å². The average molecular weight is 212 g/mol. The van der Waals surface area contributed by atoms with Crippen LogP contribution in [0.15, 0.2) is 0 Å². The largest absolute Gasteiger partial charge is 0.384 e. The Labute approximate surface area is 93.8 Å². The van der Waals surface area contributed by atoms with Gasteiger partial charge in [0.05, 0.1) is 12.6 Å². The molecule has 15 heavy (non-hydrogen) atoms. The summed E-state index contributed by atoms with van der Waals surface area (Å²) in [7, 11) is 1.70. The van der Waals surface area contributed by atoms with Gasteiger partial charge >= 0.3 is 0 Å². The standard InChI is InChI=1S/C12H24N2O/c1-5-7-11(6-2)14-12(8-13)10(3)9-15-4/h2,10-12,14H,5,7-9,13H2,1,3-4H3. The topological polar surface area (TPSA) is 47.3 Å². The lowest BCUT2D eigenvalue weighted by molar-refractivity contribution is 0.138. The molecule has 0 rings (SSSR count). The molecule has 3 nitrogen and oxygen atoms in total. The van der Waals surface area contributed by atoms with Gasteiger partial charge in [-0.3, -0.25) is 5.32 Å². The first-order chi connectivity index (χ1) is 7.19. The van der Waals surface area contributed by atoms with E-state index in [-0.39, 0.29) is 12.1 Å². The normalized spacial score (nSPS) is 16.7. The molecule has 0 heterocycles. The molecule has 0 amide bonds. The van der Waals surface area contributed by atoms with Crippen LogP contribution in [0.5, 0.6) is 0 Å². The molecule has 88 valence electrons. The number of terminal acetylenes is 1. The molecule has 0 bridgehead atoms. The van der Waals surface area contributed by atoms with Crippen molar-refractivity contribution in [2.24, 2.45) is 11.7 Å². The summed E-state index contributed by atoms with van der Waals surface area (Å²) >= 11 is 0. The van der Waals surface area contributed by atoms with Gasteiger partial charge in [0.15, 0.2) is 0 Å². The maximum absolute atomic E-state index is 5.72. The molecule has 0 aromatic rings. The van der Waals surface area contributed by atoms with Gasteiger partial charge in [-0.2, -0.15) is 0 Å². The highest BCUT2D eigenvalue weighted by Crippen LogP contribution is 2.05. The van der Waals surface area contributed by atoms with Crippen LogP contribution in [0.2, 0.25) is 0 Å². The van der Waals surface area contributed by atoms with E-state index in [4.69, 9.17) is 16.9 Å². The quantitative estimate of drug-likeness (QED) is 0.590. The molecule has 3 heteroatoms. The zero-order valence-corrected chi connectivity index (χ0v) is 10.1. The second kappa shape index (κ2) is 8.72. The van der Waals surface area contributed by atoms with E-state index < -0.39 is 0 Å². The molecule has 0 aliphatic rings. The predicted molar refractivity (Wildman–Crippen MR) is 64.5 cm³/mol. The van der Waals surface area contributed by atoms with Crippen molar-refractivity contribution >= 4 is 0 Å². The number of hydrogen-bond acceptors (Lipinski definition) is 3. The van der Waals surface area contributed by atoms with E-state index in [9.17, 15) is 0 Å². The van der Waals surface area contributed by atoms with Gasteiger partial charge in [0, 0.05) is 19.7 Å². The minimum atomic E-state index is 0.128. The van der Waals surface area contributed by atoms with Gasteiger partial charge in [0.2, 0.25) is 0 Å². The first kappa shape index (κ1) is 14.4. The number of ether oxygens (including phenoxy) is 1. The lowest BCUT2D eigenvalue weighted by Crippen LogP contribution is -2.47. The number of hydrogen-bond donors (Lipinski definition) is 2. The van der Waals surface area contributed by atoms with Crippen LogP contribution in [0.25, 0.3) is 0 Å². The Kier molecular flexibility index (Phi) is 8.40. The zero-order chi connectivity index (χ0) is 11.7. The van der Waals surface area contributed by atoms with Crippen LogP contribution >= 0.6 is 0 Å². The van der Waals surface area contributed by atoms with Crippen LogP contribution < -0.4 is 11.1 Å². The second-order valence-corrected chi connectivity index (χ2v) is 3.95. The van der Waals surface area contributed by atoms with Crippen molar-refractivity contribution in [2.45, 2.75) is 38.8 Å². The summed E-state index contributed by atoms with van der Waals surface area (Å²) < 4.78 is 5.11. The van der Waals surface area contributed by atoms with E-state index in [1.54, 1.807) is 7.11 Å². The summed E-state index contributed by atoms with van der Waals surface area (Å²) in [4.78, 5) is 0. The van der Waals surface area contributed by atoms with Crippen LogP contribution in [-0.2, 0) is 4.74 Å². The third-order valence-corrected chi connectivity index (χ3v) is 2.56. The summed E-state index contributed by atoms with van der Waals surface area (Å²) in [5.41, 5.74) is 5.72. The van der Waals surface area contributed by atoms with Crippen molar-refractivity contribution < 1.29 is 4.74 Å². The summed E-state index contributed by atoms with van der Waals surface area (Å²) in [6, 6.07) is 0.361. The highest BCUT2D eigenvalue weighted by Gasteiger charge is 2.18. The highest BCUT2D eigenvalue weighted by atomic mass is 16.5. The molecule has 3 atom stereocenters. The Bertz CT molecular complexity index is 189. The fraction of sp³-hybridized carbons (Fsp3) is 0.833. The predicted octanol–water partition coefficient (Wildman–Crippen LogP) is 0.988. The van der Waals surface area contributed by atoms with Crippen LogP contribution in [0.4, 0.5) is 0 Å². The van der Waals surface area contributed by atoms with E-state index in [0.29, 0.717) is 19.1 Å². The minimum Gasteiger partial charge on any atom is -0.384 e. The van der Waals surface area contributed by atoms with Gasteiger partial charge in [0.1, 0.15) is 0 Å². The molecular formula is C12H24N2O. The molecule has 0 aromatic heterocycles. The van der Waals surface area contributed by atoms with Crippen LogP contribution in [-0.4, -0.2) is 32.3 Å². The van der Waals surface area contributed by atoms with Gasteiger partial charge in [-0.1, -0.05) is 26.2 Å². The average Bonchev–Trinajstić information content (AvgIpc) is 2.24. The van der Waals surface area contributed by atoms with Crippen molar-refractivity contribution in [3.05, 3.63) is 0 Å². The number of nitrogens with one attached hydrogen (secondary N) is 1. The number of methoxy groups -OCH3 is 1. The monoisotopic (exact) mass is 212 g/mol. The fourth-order valence-electron chi connectivity index (χ4n) is 1.61. The Morgan fingerprint density at radius 3 is 2.60 bits per heavy atom. The molecule has 0 saturated carbocycles. The molecule has 0 spiro atoms. The molecule has 0 saturated heterocycles. The van der Waals surface area contributed by atoms with Crippen molar-refractivity contribution in [1.29, 1.82) is 0 Å². The minimum absolute atomic E-state index is 0.128. The molecule has 0 aliphatic heterocycles. The van der Waals surface area contributed by atoms with Gasteiger partial charge in [-0.25, -0.2) is 0 Å². The molecule has 3 N–H and O–H groups in total. The summed E-state index contributed by atoms with van der Waals surface area (Å²) in [6.45, 7) is 5.54. The van der Waals surface area contributed by atoms with E-state index in [2.05, 4.69) is 25.1 Å². The summed E-state index contributed by atoms with van der Waals surface area (Å²) in [6.07, 6.45) is 7.53. The third kappa shape index (κ3) is 5.78. The molecule has 0 aromatic carbocycles. The van der Waals surface area contributed by atoms with Crippen LogP contribution in [0.1, 0.15) is 26.7 Å². The lowest BCUT2D eigenvalue weighted by Gasteiger charge is -2.26. The summed E-state index contributed by atoms with van der Waals surface area (Å²) in [5, 5.41) is 3.40. The maximum Gasteiger partial charge on any atom is 0.0689 e. The van der Waals surface area contributed by atoms with E-state index in [1.807, 2.05) is 0 Å². The van der Waals surface area contributed by atoms with Crippen LogP contribution in [0.3, 0.4) is 0 Å². The lowest BCUT2D eigenvalue weighted by atomic mass is 10.0. The van der Waals surface area contributed by atoms with Gasteiger partial charge in [-0.05, 0) is 12.3 Å². The Morgan fingerprint density at radius 1 is 1.53 bits per heavy atom. The van der Waals surface area contributed by atoms with Crippen molar-refractivity contribution in [1.82, 2.24) is 5.32 Å². The fourth-order valence-corrected chi connectivity index (χ4v) is 1.61. The molecule has 0 radical (unpaired) electrons. The Balaban J connectivity index is 4.11. The Hall–Kier alpha value is -0.560. The maximum atomic E-state index is 5.72. The van der Waals surface area contributed by atoms with Crippen LogP contribution in [0, 0.1) is 18.3 Å². The SMILES string of the molecule is C#CC(CCC)NC(CN)C(C)COC.